The lowest BCUT2D eigenvalue weighted by Gasteiger charge is -2.21. The number of benzene rings is 6. The van der Waals surface area contributed by atoms with Crippen LogP contribution in [-0.2, 0) is 9.13 Å². The predicted molar refractivity (Wildman–Crippen MR) is 174 cm³/mol. The largest absolute Gasteiger partial charge is 0.309 e. The van der Waals surface area contributed by atoms with Crippen LogP contribution in [0, 0.1) is 0 Å². The molecule has 202 valence electrons. The van der Waals surface area contributed by atoms with E-state index in [-0.39, 0.29) is 5.78 Å². The molecule has 0 amide bonds. The van der Waals surface area contributed by atoms with Gasteiger partial charge < -0.3 is 9.13 Å². The SMILES string of the molecule is O=C1c2ccc(P(=O)(c3ccccc3)c3ccccc3)cc2-c2cc(P(=O)(c3ccccc3)c3ccccc3)ccc21. The van der Waals surface area contributed by atoms with Crippen LogP contribution < -0.4 is 31.8 Å². The second-order valence-electron chi connectivity index (χ2n) is 10.3. The topological polar surface area (TPSA) is 51.2 Å². The van der Waals surface area contributed by atoms with Gasteiger partial charge >= 0.3 is 0 Å². The van der Waals surface area contributed by atoms with Crippen molar-refractivity contribution >= 4 is 51.9 Å². The molecule has 0 fully saturated rings. The first-order valence-corrected chi connectivity index (χ1v) is 17.2. The molecule has 1 aliphatic rings. The first-order valence-electron chi connectivity index (χ1n) is 13.8. The minimum absolute atomic E-state index is 0.0818. The van der Waals surface area contributed by atoms with E-state index in [0.29, 0.717) is 32.9 Å². The smallest absolute Gasteiger partial charge is 0.194 e. The van der Waals surface area contributed by atoms with Gasteiger partial charge in [-0.3, -0.25) is 4.79 Å². The van der Waals surface area contributed by atoms with E-state index in [0.717, 1.165) is 21.2 Å². The molecule has 0 unspecified atom stereocenters. The molecule has 7 rings (SSSR count). The van der Waals surface area contributed by atoms with E-state index < -0.39 is 14.3 Å². The Balaban J connectivity index is 1.44. The molecule has 5 heteroatoms. The molecule has 0 spiro atoms. The van der Waals surface area contributed by atoms with Crippen molar-refractivity contribution in [1.29, 1.82) is 0 Å². The third kappa shape index (κ3) is 4.09. The summed E-state index contributed by atoms with van der Waals surface area (Å²) in [6.07, 6.45) is 0. The highest BCUT2D eigenvalue weighted by atomic mass is 31.2. The summed E-state index contributed by atoms with van der Waals surface area (Å²) in [6.45, 7) is 0. The Labute approximate surface area is 245 Å². The van der Waals surface area contributed by atoms with Crippen LogP contribution in [0.5, 0.6) is 0 Å². The fourth-order valence-electron chi connectivity index (χ4n) is 5.89. The first-order chi connectivity index (χ1) is 20.5. The van der Waals surface area contributed by atoms with Gasteiger partial charge in [-0.2, -0.15) is 0 Å². The second-order valence-corrected chi connectivity index (χ2v) is 15.9. The van der Waals surface area contributed by atoms with Crippen LogP contribution in [0.15, 0.2) is 158 Å². The summed E-state index contributed by atoms with van der Waals surface area (Å²) in [6, 6.07) is 49.0. The highest BCUT2D eigenvalue weighted by Gasteiger charge is 2.36. The number of hydrogen-bond donors (Lipinski definition) is 0. The van der Waals surface area contributed by atoms with Crippen molar-refractivity contribution in [3.8, 4) is 11.1 Å². The number of fused-ring (bicyclic) bond motifs is 3. The minimum atomic E-state index is -3.25. The van der Waals surface area contributed by atoms with Gasteiger partial charge in [0.05, 0.1) is 0 Å². The van der Waals surface area contributed by atoms with Crippen LogP contribution in [0.2, 0.25) is 0 Å². The molecule has 1 aliphatic carbocycles. The van der Waals surface area contributed by atoms with Gasteiger partial charge in [0.2, 0.25) is 0 Å². The summed E-state index contributed by atoms with van der Waals surface area (Å²) < 4.78 is 30.2. The maximum Gasteiger partial charge on any atom is 0.194 e. The van der Waals surface area contributed by atoms with Crippen LogP contribution in [0.4, 0.5) is 0 Å². The number of carbonyl (C=O) groups is 1. The van der Waals surface area contributed by atoms with Gasteiger partial charge in [0, 0.05) is 43.0 Å². The lowest BCUT2D eigenvalue weighted by atomic mass is 10.1. The Morgan fingerprint density at radius 2 is 0.595 bits per heavy atom. The molecule has 0 aromatic heterocycles. The predicted octanol–water partition coefficient (Wildman–Crippen LogP) is 6.18. The van der Waals surface area contributed by atoms with E-state index in [1.165, 1.54) is 0 Å². The number of rotatable bonds is 6. The molecule has 0 saturated heterocycles. The normalized spacial score (nSPS) is 12.5. The fourth-order valence-corrected chi connectivity index (χ4v) is 11.2. The number of ketones is 1. The van der Waals surface area contributed by atoms with Gasteiger partial charge in [0.15, 0.2) is 20.1 Å². The van der Waals surface area contributed by atoms with Crippen molar-refractivity contribution in [2.45, 2.75) is 0 Å². The number of hydrogen-bond acceptors (Lipinski definition) is 3. The summed E-state index contributed by atoms with van der Waals surface area (Å²) >= 11 is 0. The van der Waals surface area contributed by atoms with Crippen molar-refractivity contribution in [3.05, 3.63) is 169 Å². The average molecular weight is 581 g/mol. The summed E-state index contributed by atoms with van der Waals surface area (Å²) in [7, 11) is -6.49. The van der Waals surface area contributed by atoms with Crippen molar-refractivity contribution in [1.82, 2.24) is 0 Å². The zero-order chi connectivity index (χ0) is 28.7. The summed E-state index contributed by atoms with van der Waals surface area (Å²) in [5.74, 6) is -0.0818. The Kier molecular flexibility index (Phi) is 6.51. The molecule has 0 atom stereocenters. The standard InChI is InChI=1S/C37H26O3P2/c38-37-33-23-21-31(41(39,27-13-5-1-6-14-27)28-15-7-2-8-16-28)25-35(33)36-26-32(22-24-34(36)37)42(40,29-17-9-3-10-18-29)30-19-11-4-12-20-30/h1-26H. The molecular formula is C37H26O3P2. The highest BCUT2D eigenvalue weighted by Crippen LogP contribution is 2.47. The molecule has 0 bridgehead atoms. The van der Waals surface area contributed by atoms with Crippen LogP contribution in [0.25, 0.3) is 11.1 Å². The highest BCUT2D eigenvalue weighted by molar-refractivity contribution is 7.85. The molecule has 3 nitrogen and oxygen atoms in total. The summed E-state index contributed by atoms with van der Waals surface area (Å²) in [4.78, 5) is 13.6. The second kappa shape index (κ2) is 10.4. The average Bonchev–Trinajstić information content (AvgIpc) is 3.36. The van der Waals surface area contributed by atoms with Crippen molar-refractivity contribution in [2.75, 3.05) is 0 Å². The van der Waals surface area contributed by atoms with Crippen molar-refractivity contribution < 1.29 is 13.9 Å². The molecule has 0 aliphatic heterocycles. The molecular weight excluding hydrogens is 554 g/mol. The number of carbonyl (C=O) groups excluding carboxylic acids is 1. The van der Waals surface area contributed by atoms with Gasteiger partial charge in [-0.05, 0) is 35.4 Å². The van der Waals surface area contributed by atoms with Gasteiger partial charge in [-0.25, -0.2) is 0 Å². The maximum absolute atomic E-state index is 15.1. The lowest BCUT2D eigenvalue weighted by molar-refractivity contribution is 0.104. The fraction of sp³-hybridized carbons (Fsp3) is 0. The minimum Gasteiger partial charge on any atom is -0.309 e. The summed E-state index contributed by atoms with van der Waals surface area (Å²) in [5, 5.41) is 4.22. The van der Waals surface area contributed by atoms with Crippen molar-refractivity contribution in [2.24, 2.45) is 0 Å². The van der Waals surface area contributed by atoms with Gasteiger partial charge in [-0.1, -0.05) is 133 Å². The van der Waals surface area contributed by atoms with E-state index in [2.05, 4.69) is 0 Å². The van der Waals surface area contributed by atoms with Crippen LogP contribution >= 0.6 is 14.3 Å². The zero-order valence-electron chi connectivity index (χ0n) is 22.6. The first kappa shape index (κ1) is 26.4. The molecule has 0 N–H and O–H groups in total. The van der Waals surface area contributed by atoms with E-state index >= 15 is 9.13 Å². The third-order valence-corrected chi connectivity index (χ3v) is 14.1. The van der Waals surface area contributed by atoms with E-state index in [1.54, 1.807) is 12.1 Å². The Morgan fingerprint density at radius 3 is 0.881 bits per heavy atom. The Bertz CT molecular complexity index is 1800. The monoisotopic (exact) mass is 580 g/mol. The molecule has 6 aromatic rings. The van der Waals surface area contributed by atoms with E-state index in [9.17, 15) is 4.79 Å². The van der Waals surface area contributed by atoms with Crippen LogP contribution in [0.3, 0.4) is 0 Å². The maximum atomic E-state index is 15.1. The van der Waals surface area contributed by atoms with E-state index in [1.807, 2.05) is 146 Å². The van der Waals surface area contributed by atoms with Crippen LogP contribution in [-0.4, -0.2) is 5.78 Å². The molecule has 0 radical (unpaired) electrons. The molecule has 42 heavy (non-hydrogen) atoms. The molecule has 0 saturated carbocycles. The quantitative estimate of drug-likeness (QED) is 0.221. The molecule has 0 heterocycles. The van der Waals surface area contributed by atoms with Gasteiger partial charge in [0.25, 0.3) is 0 Å². The Morgan fingerprint density at radius 1 is 0.310 bits per heavy atom. The third-order valence-electron chi connectivity index (χ3n) is 7.99. The molecule has 6 aromatic carbocycles. The van der Waals surface area contributed by atoms with E-state index in [4.69, 9.17) is 0 Å². The van der Waals surface area contributed by atoms with Crippen LogP contribution in [0.1, 0.15) is 15.9 Å². The van der Waals surface area contributed by atoms with Gasteiger partial charge in [-0.15, -0.1) is 0 Å². The van der Waals surface area contributed by atoms with Gasteiger partial charge in [0.1, 0.15) is 0 Å². The Hall–Kier alpha value is -4.55. The van der Waals surface area contributed by atoms with Crippen molar-refractivity contribution in [3.63, 3.8) is 0 Å². The summed E-state index contributed by atoms with van der Waals surface area (Å²) in [5.41, 5.74) is 2.56. The lowest BCUT2D eigenvalue weighted by Crippen LogP contribution is -2.25. The zero-order valence-corrected chi connectivity index (χ0v) is 24.4.